The largest absolute Gasteiger partial charge is 0.416 e. The van der Waals surface area contributed by atoms with Crippen molar-refractivity contribution in [2.75, 3.05) is 13.1 Å². The van der Waals surface area contributed by atoms with E-state index in [4.69, 9.17) is 0 Å². The molecule has 1 saturated heterocycles. The highest BCUT2D eigenvalue weighted by Crippen LogP contribution is 2.50. The molecule has 9 heteroatoms. The van der Waals surface area contributed by atoms with Gasteiger partial charge in [-0.05, 0) is 91.1 Å². The van der Waals surface area contributed by atoms with E-state index >= 15 is 0 Å². The smallest absolute Gasteiger partial charge is 0.390 e. The Kier molecular flexibility index (Phi) is 6.74. The van der Waals surface area contributed by atoms with Crippen LogP contribution in [-0.4, -0.2) is 46.7 Å². The first-order valence-electron chi connectivity index (χ1n) is 11.8. The summed E-state index contributed by atoms with van der Waals surface area (Å²) in [5.74, 6) is -0.487. The van der Waals surface area contributed by atoms with Crippen LogP contribution in [0.15, 0.2) is 51.8 Å². The van der Waals surface area contributed by atoms with Crippen molar-refractivity contribution in [1.82, 2.24) is 5.32 Å². The third kappa shape index (κ3) is 4.89. The average molecular weight is 510 g/mol. The van der Waals surface area contributed by atoms with E-state index in [2.05, 4.69) is 5.32 Å². The van der Waals surface area contributed by atoms with Gasteiger partial charge in [-0.1, -0.05) is 23.4 Å². The fraction of sp³-hybridized carbons (Fsp3) is 0.462. The first-order valence-corrected chi connectivity index (χ1v) is 12.6. The van der Waals surface area contributed by atoms with Crippen molar-refractivity contribution in [3.63, 3.8) is 0 Å². The number of nitrogens with one attached hydrogen (secondary N) is 1. The van der Waals surface area contributed by atoms with Crippen molar-refractivity contribution in [3.05, 3.63) is 64.5 Å². The molecule has 188 valence electrons. The third-order valence-corrected chi connectivity index (χ3v) is 8.47. The number of rotatable bonds is 2. The molecule has 0 radical (unpaired) electrons. The second-order valence-electron chi connectivity index (χ2n) is 9.70. The molecule has 4 N–H and O–H groups in total. The quantitative estimate of drug-likeness (QED) is 0.380. The fourth-order valence-corrected chi connectivity index (χ4v) is 6.77. The van der Waals surface area contributed by atoms with Crippen LogP contribution in [0.5, 0.6) is 0 Å². The predicted molar refractivity (Wildman–Crippen MR) is 124 cm³/mol. The molecule has 3 aliphatic rings. The Labute approximate surface area is 205 Å². The minimum atomic E-state index is -4.48. The van der Waals surface area contributed by atoms with Gasteiger partial charge in [0.25, 0.3) is 0 Å². The summed E-state index contributed by atoms with van der Waals surface area (Å²) in [5.41, 5.74) is 2.24. The number of piperidine rings is 1. The monoisotopic (exact) mass is 509 g/mol. The average Bonchev–Trinajstić information content (AvgIpc) is 2.80. The van der Waals surface area contributed by atoms with Crippen LogP contribution in [-0.2, 0) is 6.18 Å². The highest BCUT2D eigenvalue weighted by molar-refractivity contribution is 7.99. The highest BCUT2D eigenvalue weighted by atomic mass is 32.2. The topological polar surface area (TPSA) is 72.7 Å². The molecule has 0 spiro atoms. The molecule has 1 aliphatic carbocycles. The number of hydrogen-bond donors (Lipinski definition) is 4. The molecular weight excluding hydrogens is 482 g/mol. The van der Waals surface area contributed by atoms with E-state index in [1.165, 1.54) is 36.0 Å². The van der Waals surface area contributed by atoms with Crippen LogP contribution in [0.4, 0.5) is 17.6 Å². The van der Waals surface area contributed by atoms with Gasteiger partial charge in [0, 0.05) is 16.3 Å². The van der Waals surface area contributed by atoms with E-state index < -0.39 is 35.9 Å². The molecule has 2 fully saturated rings. The standard InChI is InChI=1S/C26H27F4NO3S/c27-16-2-3-18-23(11-16)35-22-4-1-15(26(28,29)30)10-19(22)24(18)17-5-6-31-12-14(17)7-13-8-20(32)25(34)21(33)9-13/h1-4,10-11,13-14,20-21,25,31-34H,5-9,12H2. The lowest BCUT2D eigenvalue weighted by Gasteiger charge is -2.38. The number of aliphatic hydroxyl groups excluding tert-OH is 3. The van der Waals surface area contributed by atoms with Gasteiger partial charge in [0.05, 0.1) is 17.8 Å². The second kappa shape index (κ2) is 9.52. The summed E-state index contributed by atoms with van der Waals surface area (Å²) < 4.78 is 54.9. The molecular formula is C26H27F4NO3S. The van der Waals surface area contributed by atoms with Crippen LogP contribution >= 0.6 is 11.8 Å². The zero-order valence-corrected chi connectivity index (χ0v) is 19.7. The van der Waals surface area contributed by atoms with Gasteiger partial charge in [-0.25, -0.2) is 4.39 Å². The lowest BCUT2D eigenvalue weighted by molar-refractivity contribution is -0.137. The molecule has 2 heterocycles. The van der Waals surface area contributed by atoms with Crippen molar-refractivity contribution in [2.24, 2.45) is 11.8 Å². The first kappa shape index (κ1) is 24.8. The van der Waals surface area contributed by atoms with Crippen molar-refractivity contribution < 1.29 is 32.9 Å². The SMILES string of the molecule is OC1CC(CC2CNCCC2=C2c3ccc(F)cc3Sc3ccc(C(F)(F)F)cc32)CC(O)C1O. The molecule has 0 aromatic heterocycles. The van der Waals surface area contributed by atoms with E-state index in [1.54, 1.807) is 6.07 Å². The summed E-state index contributed by atoms with van der Waals surface area (Å²) in [6, 6.07) is 8.13. The molecule has 4 nitrogen and oxygen atoms in total. The van der Waals surface area contributed by atoms with Crippen molar-refractivity contribution in [3.8, 4) is 0 Å². The predicted octanol–water partition coefficient (Wildman–Crippen LogP) is 4.60. The van der Waals surface area contributed by atoms with Crippen LogP contribution < -0.4 is 5.32 Å². The zero-order chi connectivity index (χ0) is 24.9. The van der Waals surface area contributed by atoms with Gasteiger partial charge < -0.3 is 20.6 Å². The van der Waals surface area contributed by atoms with Crippen LogP contribution in [0.1, 0.15) is 42.4 Å². The summed E-state index contributed by atoms with van der Waals surface area (Å²) in [5, 5.41) is 33.6. The van der Waals surface area contributed by atoms with Crippen molar-refractivity contribution >= 4 is 17.3 Å². The summed E-state index contributed by atoms with van der Waals surface area (Å²) in [7, 11) is 0. The molecule has 2 aromatic rings. The summed E-state index contributed by atoms with van der Waals surface area (Å²) >= 11 is 1.27. The maximum atomic E-state index is 14.1. The molecule has 0 amide bonds. The number of hydrogen-bond acceptors (Lipinski definition) is 5. The first-order chi connectivity index (χ1) is 16.6. The number of alkyl halides is 3. The number of aliphatic hydroxyl groups is 3. The summed E-state index contributed by atoms with van der Waals surface area (Å²) in [4.78, 5) is 1.33. The Bertz CT molecular complexity index is 1140. The van der Waals surface area contributed by atoms with E-state index in [0.717, 1.165) is 22.8 Å². The van der Waals surface area contributed by atoms with E-state index in [9.17, 15) is 32.9 Å². The zero-order valence-electron chi connectivity index (χ0n) is 18.9. The Hall–Kier alpha value is -1.91. The molecule has 3 unspecified atom stereocenters. The summed E-state index contributed by atoms with van der Waals surface area (Å²) in [6.45, 7) is 1.28. The minimum absolute atomic E-state index is 0.0400. The van der Waals surface area contributed by atoms with Gasteiger partial charge in [0.2, 0.25) is 0 Å². The maximum Gasteiger partial charge on any atom is 0.416 e. The van der Waals surface area contributed by atoms with Crippen molar-refractivity contribution in [2.45, 2.75) is 60.0 Å². The molecule has 35 heavy (non-hydrogen) atoms. The van der Waals surface area contributed by atoms with Gasteiger partial charge >= 0.3 is 6.18 Å². The highest BCUT2D eigenvalue weighted by Gasteiger charge is 2.38. The number of fused-ring (bicyclic) bond motifs is 2. The van der Waals surface area contributed by atoms with E-state index in [0.29, 0.717) is 54.1 Å². The Balaban J connectivity index is 1.61. The molecule has 2 aliphatic heterocycles. The lowest BCUT2D eigenvalue weighted by Crippen LogP contribution is -2.45. The molecule has 1 saturated carbocycles. The lowest BCUT2D eigenvalue weighted by atomic mass is 9.74. The molecule has 2 aromatic carbocycles. The van der Waals surface area contributed by atoms with Gasteiger partial charge in [-0.2, -0.15) is 13.2 Å². The van der Waals surface area contributed by atoms with Crippen LogP contribution in [0.25, 0.3) is 5.57 Å². The Morgan fingerprint density at radius 2 is 1.69 bits per heavy atom. The second-order valence-corrected chi connectivity index (χ2v) is 10.8. The van der Waals surface area contributed by atoms with Crippen LogP contribution in [0.2, 0.25) is 0 Å². The summed E-state index contributed by atoms with van der Waals surface area (Å²) in [6.07, 6.45) is -5.74. The van der Waals surface area contributed by atoms with E-state index in [1.807, 2.05) is 0 Å². The van der Waals surface area contributed by atoms with Gasteiger partial charge in [0.1, 0.15) is 11.9 Å². The van der Waals surface area contributed by atoms with Crippen molar-refractivity contribution in [1.29, 1.82) is 0 Å². The Morgan fingerprint density at radius 3 is 2.40 bits per heavy atom. The van der Waals surface area contributed by atoms with Gasteiger partial charge in [-0.15, -0.1) is 0 Å². The number of benzene rings is 2. The third-order valence-electron chi connectivity index (χ3n) is 7.34. The fourth-order valence-electron chi connectivity index (χ4n) is 5.68. The molecule has 3 atom stereocenters. The molecule has 0 bridgehead atoms. The van der Waals surface area contributed by atoms with Crippen LogP contribution in [0, 0.1) is 17.7 Å². The molecule has 5 rings (SSSR count). The van der Waals surface area contributed by atoms with Gasteiger partial charge in [0.15, 0.2) is 0 Å². The minimum Gasteiger partial charge on any atom is -0.390 e. The van der Waals surface area contributed by atoms with E-state index in [-0.39, 0.29) is 11.8 Å². The van der Waals surface area contributed by atoms with Crippen LogP contribution in [0.3, 0.4) is 0 Å². The normalized spacial score (nSPS) is 31.1. The van der Waals surface area contributed by atoms with Gasteiger partial charge in [-0.3, -0.25) is 0 Å². The number of halogens is 4. The maximum absolute atomic E-state index is 14.1. The Morgan fingerprint density at radius 1 is 0.943 bits per heavy atom.